The molecule has 0 unspecified atom stereocenters. The number of hydrogen-bond acceptors (Lipinski definition) is 5. The quantitative estimate of drug-likeness (QED) is 0.533. The third kappa shape index (κ3) is 5.24. The molecule has 0 saturated carbocycles. The van der Waals surface area contributed by atoms with Crippen LogP contribution in [0, 0.1) is 0 Å². The minimum absolute atomic E-state index is 0.132. The Kier molecular flexibility index (Phi) is 7.07. The number of nitrogens with zero attached hydrogens (tertiary/aromatic N) is 2. The lowest BCUT2D eigenvalue weighted by atomic mass is 10.1. The van der Waals surface area contributed by atoms with Crippen molar-refractivity contribution in [3.05, 3.63) is 40.3 Å². The number of hydrogen-bond donors (Lipinski definition) is 2. The van der Waals surface area contributed by atoms with Crippen molar-refractivity contribution in [2.75, 3.05) is 24.8 Å². The van der Waals surface area contributed by atoms with Crippen LogP contribution in [-0.2, 0) is 22.5 Å². The van der Waals surface area contributed by atoms with Gasteiger partial charge in [-0.1, -0.05) is 30.8 Å². The smallest absolute Gasteiger partial charge is 0.343 e. The highest BCUT2D eigenvalue weighted by Crippen LogP contribution is 2.15. The first-order valence-corrected chi connectivity index (χ1v) is 8.78. The third-order valence-corrected chi connectivity index (χ3v) is 4.38. The Bertz CT molecular complexity index is 726. The number of thioether (sulfide) groups is 1. The number of carbonyl (C=O) groups is 1. The van der Waals surface area contributed by atoms with E-state index in [0.717, 1.165) is 12.1 Å². The number of anilines is 1. The zero-order valence-electron chi connectivity index (χ0n) is 13.9. The number of carbonyl (C=O) groups excluding carboxylic acids is 1. The fourth-order valence-corrected chi connectivity index (χ4v) is 2.95. The average molecular weight is 350 g/mol. The summed E-state index contributed by atoms with van der Waals surface area (Å²) in [5, 5.41) is 9.75. The number of aromatic amines is 1. The standard InChI is InChI=1S/C16H22N4O3S/c1-3-12-6-4-7-13(10-12)17-14(21)11-24-16-19-18-15(22)20(16)8-5-9-23-2/h4,6-7,10H,3,5,8-9,11H2,1-2H3,(H,17,21)(H,18,22). The fourth-order valence-electron chi connectivity index (χ4n) is 2.17. The minimum Gasteiger partial charge on any atom is -0.385 e. The topological polar surface area (TPSA) is 89.0 Å². The van der Waals surface area contributed by atoms with Crippen LogP contribution >= 0.6 is 11.8 Å². The highest BCUT2D eigenvalue weighted by molar-refractivity contribution is 7.99. The Morgan fingerprint density at radius 2 is 2.29 bits per heavy atom. The predicted molar refractivity (Wildman–Crippen MR) is 94.5 cm³/mol. The van der Waals surface area contributed by atoms with Gasteiger partial charge in [-0.15, -0.1) is 5.10 Å². The van der Waals surface area contributed by atoms with E-state index in [1.54, 1.807) is 7.11 Å². The maximum atomic E-state index is 12.1. The monoisotopic (exact) mass is 350 g/mol. The van der Waals surface area contributed by atoms with Crippen LogP contribution in [0.5, 0.6) is 0 Å². The zero-order valence-corrected chi connectivity index (χ0v) is 14.7. The van der Waals surface area contributed by atoms with E-state index in [9.17, 15) is 9.59 Å². The molecule has 0 spiro atoms. The summed E-state index contributed by atoms with van der Waals surface area (Å²) in [6, 6.07) is 7.75. The second-order valence-electron chi connectivity index (χ2n) is 5.20. The largest absolute Gasteiger partial charge is 0.385 e. The van der Waals surface area contributed by atoms with Crippen LogP contribution < -0.4 is 11.0 Å². The van der Waals surface area contributed by atoms with Crippen molar-refractivity contribution in [1.29, 1.82) is 0 Å². The summed E-state index contributed by atoms with van der Waals surface area (Å²) in [6.45, 7) is 3.14. The Morgan fingerprint density at radius 1 is 1.46 bits per heavy atom. The van der Waals surface area contributed by atoms with Crippen molar-refractivity contribution < 1.29 is 9.53 Å². The van der Waals surface area contributed by atoms with E-state index < -0.39 is 0 Å². The number of benzene rings is 1. The van der Waals surface area contributed by atoms with Gasteiger partial charge >= 0.3 is 5.69 Å². The second-order valence-corrected chi connectivity index (χ2v) is 6.14. The molecule has 0 aliphatic heterocycles. The van der Waals surface area contributed by atoms with Gasteiger partial charge in [0.2, 0.25) is 5.91 Å². The van der Waals surface area contributed by atoms with Crippen LogP contribution in [0.15, 0.2) is 34.2 Å². The summed E-state index contributed by atoms with van der Waals surface area (Å²) in [4.78, 5) is 23.8. The number of aromatic nitrogens is 3. The number of aryl methyl sites for hydroxylation is 1. The van der Waals surface area contributed by atoms with Gasteiger partial charge in [0, 0.05) is 25.9 Å². The van der Waals surface area contributed by atoms with E-state index in [4.69, 9.17) is 4.74 Å². The molecule has 24 heavy (non-hydrogen) atoms. The molecule has 0 saturated heterocycles. The van der Waals surface area contributed by atoms with Crippen molar-refractivity contribution in [3.8, 4) is 0 Å². The molecule has 2 N–H and O–H groups in total. The van der Waals surface area contributed by atoms with Crippen molar-refractivity contribution in [3.63, 3.8) is 0 Å². The number of rotatable bonds is 9. The first-order chi connectivity index (χ1) is 11.6. The maximum Gasteiger partial charge on any atom is 0.343 e. The first kappa shape index (κ1) is 18.3. The normalized spacial score (nSPS) is 10.8. The first-order valence-electron chi connectivity index (χ1n) is 7.79. The second kappa shape index (κ2) is 9.29. The average Bonchev–Trinajstić information content (AvgIpc) is 2.94. The molecule has 0 atom stereocenters. The number of ether oxygens (including phenoxy) is 1. The maximum absolute atomic E-state index is 12.1. The van der Waals surface area contributed by atoms with E-state index in [1.807, 2.05) is 24.3 Å². The molecule has 0 radical (unpaired) electrons. The van der Waals surface area contributed by atoms with Crippen LogP contribution in [0.3, 0.4) is 0 Å². The zero-order chi connectivity index (χ0) is 17.4. The van der Waals surface area contributed by atoms with Crippen LogP contribution in [0.25, 0.3) is 0 Å². The molecule has 2 aromatic rings. The lowest BCUT2D eigenvalue weighted by molar-refractivity contribution is -0.113. The highest BCUT2D eigenvalue weighted by atomic mass is 32.2. The van der Waals surface area contributed by atoms with Gasteiger partial charge in [0.1, 0.15) is 0 Å². The van der Waals surface area contributed by atoms with Crippen LogP contribution in [-0.4, -0.2) is 40.1 Å². The van der Waals surface area contributed by atoms with E-state index in [0.29, 0.717) is 24.7 Å². The van der Waals surface area contributed by atoms with Crippen LogP contribution in [0.1, 0.15) is 18.9 Å². The Labute approximate surface area is 144 Å². The van der Waals surface area contributed by atoms with Crippen LogP contribution in [0.2, 0.25) is 0 Å². The minimum atomic E-state index is -0.273. The Balaban J connectivity index is 1.90. The van der Waals surface area contributed by atoms with Gasteiger partial charge in [0.25, 0.3) is 0 Å². The Morgan fingerprint density at radius 3 is 3.04 bits per heavy atom. The molecule has 1 aromatic carbocycles. The molecule has 7 nitrogen and oxygen atoms in total. The molecular formula is C16H22N4O3S. The van der Waals surface area contributed by atoms with Crippen LogP contribution in [0.4, 0.5) is 5.69 Å². The molecule has 0 aliphatic carbocycles. The highest BCUT2D eigenvalue weighted by Gasteiger charge is 2.11. The van der Waals surface area contributed by atoms with Gasteiger partial charge in [-0.2, -0.15) is 0 Å². The number of nitrogens with one attached hydrogen (secondary N) is 2. The van der Waals surface area contributed by atoms with Gasteiger partial charge in [-0.3, -0.25) is 9.36 Å². The van der Waals surface area contributed by atoms with Crippen molar-refractivity contribution in [2.45, 2.75) is 31.5 Å². The summed E-state index contributed by atoms with van der Waals surface area (Å²) < 4.78 is 6.51. The lowest BCUT2D eigenvalue weighted by Gasteiger charge is -2.07. The Hall–Kier alpha value is -2.06. The molecule has 8 heteroatoms. The predicted octanol–water partition coefficient (Wildman–Crippen LogP) is 1.90. The molecule has 0 bridgehead atoms. The fraction of sp³-hybridized carbons (Fsp3) is 0.438. The van der Waals surface area contributed by atoms with Crippen molar-refractivity contribution in [2.24, 2.45) is 0 Å². The van der Waals surface area contributed by atoms with Gasteiger partial charge in [-0.25, -0.2) is 9.89 Å². The molecule has 0 fully saturated rings. The van der Waals surface area contributed by atoms with Gasteiger partial charge in [-0.05, 0) is 30.5 Å². The SMILES string of the molecule is CCc1cccc(NC(=O)CSc2n[nH]c(=O)n2CCCOC)c1. The number of H-pyrrole nitrogens is 1. The van der Waals surface area contributed by atoms with E-state index >= 15 is 0 Å². The number of amides is 1. The lowest BCUT2D eigenvalue weighted by Crippen LogP contribution is -2.19. The summed E-state index contributed by atoms with van der Waals surface area (Å²) in [5.74, 6) is 0.0532. The molecule has 130 valence electrons. The van der Waals surface area contributed by atoms with Crippen molar-refractivity contribution >= 4 is 23.4 Å². The molecule has 2 rings (SSSR count). The number of methoxy groups -OCH3 is 1. The third-order valence-electron chi connectivity index (χ3n) is 3.40. The van der Waals surface area contributed by atoms with E-state index in [-0.39, 0.29) is 17.3 Å². The van der Waals surface area contributed by atoms with Crippen molar-refractivity contribution in [1.82, 2.24) is 14.8 Å². The molecule has 1 amide bonds. The summed E-state index contributed by atoms with van der Waals surface area (Å²) >= 11 is 1.23. The molecular weight excluding hydrogens is 328 g/mol. The molecule has 1 aromatic heterocycles. The molecule has 1 heterocycles. The molecule has 0 aliphatic rings. The summed E-state index contributed by atoms with van der Waals surface area (Å²) in [5.41, 5.74) is 1.67. The van der Waals surface area contributed by atoms with E-state index in [1.165, 1.54) is 21.9 Å². The summed E-state index contributed by atoms with van der Waals surface area (Å²) in [7, 11) is 1.62. The van der Waals surface area contributed by atoms with Gasteiger partial charge in [0.15, 0.2) is 5.16 Å². The van der Waals surface area contributed by atoms with E-state index in [2.05, 4.69) is 22.4 Å². The summed E-state index contributed by atoms with van der Waals surface area (Å²) in [6.07, 6.45) is 1.62. The van der Waals surface area contributed by atoms with Gasteiger partial charge < -0.3 is 10.1 Å². The van der Waals surface area contributed by atoms with Gasteiger partial charge in [0.05, 0.1) is 5.75 Å².